The second kappa shape index (κ2) is 9.61. The van der Waals surface area contributed by atoms with Crippen LogP contribution in [0.1, 0.15) is 42.3 Å². The van der Waals surface area contributed by atoms with E-state index in [-0.39, 0.29) is 11.9 Å². The molecule has 0 atom stereocenters. The van der Waals surface area contributed by atoms with Gasteiger partial charge in [-0.1, -0.05) is 38.1 Å². The van der Waals surface area contributed by atoms with E-state index in [2.05, 4.69) is 29.8 Å². The number of hydrogen-bond acceptors (Lipinski definition) is 2. The Morgan fingerprint density at radius 2 is 1.46 bits per heavy atom. The predicted octanol–water partition coefficient (Wildman–Crippen LogP) is 3.80. The van der Waals surface area contributed by atoms with Gasteiger partial charge in [-0.05, 0) is 54.7 Å². The normalized spacial score (nSPS) is 10.5. The van der Waals surface area contributed by atoms with Gasteiger partial charge in [0.1, 0.15) is 0 Å². The second-order valence-electron chi connectivity index (χ2n) is 6.66. The number of anilines is 1. The van der Waals surface area contributed by atoms with Crippen molar-refractivity contribution < 1.29 is 9.59 Å². The number of nitrogens with one attached hydrogen (secondary N) is 3. The maximum Gasteiger partial charge on any atom is 0.319 e. The molecule has 0 bridgehead atoms. The van der Waals surface area contributed by atoms with E-state index in [1.54, 1.807) is 0 Å². The molecule has 2 aromatic rings. The number of benzene rings is 2. The average Bonchev–Trinajstić information content (AvgIpc) is 2.62. The van der Waals surface area contributed by atoms with Gasteiger partial charge in [-0.2, -0.15) is 0 Å². The van der Waals surface area contributed by atoms with Crippen molar-refractivity contribution in [3.63, 3.8) is 0 Å². The topological polar surface area (TPSA) is 70.2 Å². The summed E-state index contributed by atoms with van der Waals surface area (Å²) in [5.74, 6) is 0.398. The molecule has 2 rings (SSSR count). The molecular weight excluding hydrogens is 326 g/mol. The lowest BCUT2D eigenvalue weighted by Crippen LogP contribution is -2.28. The van der Waals surface area contributed by atoms with E-state index in [0.29, 0.717) is 24.6 Å². The van der Waals surface area contributed by atoms with Gasteiger partial charge < -0.3 is 16.0 Å². The average molecular weight is 353 g/mol. The summed E-state index contributed by atoms with van der Waals surface area (Å²) in [6.07, 6.45) is 0.773. The summed E-state index contributed by atoms with van der Waals surface area (Å²) >= 11 is 0. The Balaban J connectivity index is 1.92. The van der Waals surface area contributed by atoms with E-state index in [1.165, 1.54) is 0 Å². The van der Waals surface area contributed by atoms with E-state index in [0.717, 1.165) is 23.2 Å². The fraction of sp³-hybridized carbons (Fsp3) is 0.333. The van der Waals surface area contributed by atoms with Crippen LogP contribution in [-0.4, -0.2) is 25.0 Å². The lowest BCUT2D eigenvalue weighted by Gasteiger charge is -2.09. The molecule has 2 aromatic carbocycles. The molecule has 0 aliphatic carbocycles. The Morgan fingerprint density at radius 3 is 2.00 bits per heavy atom. The first-order valence-corrected chi connectivity index (χ1v) is 8.99. The molecule has 0 saturated heterocycles. The zero-order chi connectivity index (χ0) is 18.9. The molecule has 3 N–H and O–H groups in total. The van der Waals surface area contributed by atoms with Crippen molar-refractivity contribution in [3.8, 4) is 0 Å². The van der Waals surface area contributed by atoms with Gasteiger partial charge in [0, 0.05) is 24.3 Å². The molecule has 3 amide bonds. The van der Waals surface area contributed by atoms with Gasteiger partial charge >= 0.3 is 6.03 Å². The van der Waals surface area contributed by atoms with Crippen molar-refractivity contribution in [1.29, 1.82) is 0 Å². The first-order chi connectivity index (χ1) is 12.5. The lowest BCUT2D eigenvalue weighted by molar-refractivity contribution is 0.0949. The SMILES string of the molecule is CCNC(=O)Nc1ccc(Cc2ccc(C(=O)NCC(C)C)cc2)cc1. The van der Waals surface area contributed by atoms with E-state index in [1.807, 2.05) is 55.5 Å². The molecular formula is C21H27N3O2. The van der Waals surface area contributed by atoms with Crippen molar-refractivity contribution in [2.75, 3.05) is 18.4 Å². The molecule has 0 aliphatic heterocycles. The summed E-state index contributed by atoms with van der Waals surface area (Å²) in [5, 5.41) is 8.39. The first kappa shape index (κ1) is 19.5. The molecule has 0 heterocycles. The zero-order valence-corrected chi connectivity index (χ0v) is 15.6. The van der Waals surface area contributed by atoms with Crippen LogP contribution in [0.2, 0.25) is 0 Å². The van der Waals surface area contributed by atoms with E-state index < -0.39 is 0 Å². The molecule has 0 radical (unpaired) electrons. The second-order valence-corrected chi connectivity index (χ2v) is 6.66. The minimum Gasteiger partial charge on any atom is -0.352 e. The quantitative estimate of drug-likeness (QED) is 0.708. The van der Waals surface area contributed by atoms with Gasteiger partial charge in [0.05, 0.1) is 0 Å². The van der Waals surface area contributed by atoms with Crippen LogP contribution in [0, 0.1) is 5.92 Å². The number of urea groups is 1. The third-order valence-corrected chi connectivity index (χ3v) is 3.84. The van der Waals surface area contributed by atoms with Gasteiger partial charge in [-0.25, -0.2) is 4.79 Å². The molecule has 5 nitrogen and oxygen atoms in total. The highest BCUT2D eigenvalue weighted by molar-refractivity contribution is 5.94. The van der Waals surface area contributed by atoms with E-state index in [4.69, 9.17) is 0 Å². The number of rotatable bonds is 7. The Labute approximate surface area is 155 Å². The van der Waals surface area contributed by atoms with E-state index in [9.17, 15) is 9.59 Å². The standard InChI is InChI=1S/C21H27N3O2/c1-4-22-21(26)24-19-11-7-17(8-12-19)13-16-5-9-18(10-6-16)20(25)23-14-15(2)3/h5-12,15H,4,13-14H2,1-3H3,(H,23,25)(H2,22,24,26). The lowest BCUT2D eigenvalue weighted by atomic mass is 10.0. The monoisotopic (exact) mass is 353 g/mol. The zero-order valence-electron chi connectivity index (χ0n) is 15.6. The smallest absolute Gasteiger partial charge is 0.319 e. The Kier molecular flexibility index (Phi) is 7.21. The van der Waals surface area contributed by atoms with Gasteiger partial charge in [0.15, 0.2) is 0 Å². The third-order valence-electron chi connectivity index (χ3n) is 3.84. The summed E-state index contributed by atoms with van der Waals surface area (Å²) in [6.45, 7) is 7.29. The molecule has 0 aromatic heterocycles. The maximum absolute atomic E-state index is 12.0. The highest BCUT2D eigenvalue weighted by Crippen LogP contribution is 2.14. The predicted molar refractivity (Wildman–Crippen MR) is 106 cm³/mol. The Hall–Kier alpha value is -2.82. The van der Waals surface area contributed by atoms with Crippen LogP contribution in [0.3, 0.4) is 0 Å². The highest BCUT2D eigenvalue weighted by atomic mass is 16.2. The number of carbonyl (C=O) groups is 2. The van der Waals surface area contributed by atoms with Gasteiger partial charge in [-0.3, -0.25) is 4.79 Å². The molecule has 0 fully saturated rings. The molecule has 0 unspecified atom stereocenters. The molecule has 138 valence electrons. The number of hydrogen-bond donors (Lipinski definition) is 3. The van der Waals surface area contributed by atoms with Crippen LogP contribution in [0.25, 0.3) is 0 Å². The summed E-state index contributed by atoms with van der Waals surface area (Å²) < 4.78 is 0. The molecule has 26 heavy (non-hydrogen) atoms. The first-order valence-electron chi connectivity index (χ1n) is 8.99. The molecule has 0 spiro atoms. The van der Waals surface area contributed by atoms with Gasteiger partial charge in [0.25, 0.3) is 5.91 Å². The van der Waals surface area contributed by atoms with Crippen molar-refractivity contribution in [2.45, 2.75) is 27.2 Å². The van der Waals surface area contributed by atoms with Crippen LogP contribution in [0.15, 0.2) is 48.5 Å². The number of carbonyl (C=O) groups excluding carboxylic acids is 2. The van der Waals surface area contributed by atoms with Crippen LogP contribution in [0.5, 0.6) is 0 Å². The van der Waals surface area contributed by atoms with Crippen LogP contribution < -0.4 is 16.0 Å². The van der Waals surface area contributed by atoms with Crippen molar-refractivity contribution >= 4 is 17.6 Å². The largest absolute Gasteiger partial charge is 0.352 e. The third kappa shape index (κ3) is 6.24. The Bertz CT molecular complexity index is 722. The minimum absolute atomic E-state index is 0.0361. The van der Waals surface area contributed by atoms with E-state index >= 15 is 0 Å². The minimum atomic E-state index is -0.202. The van der Waals surface area contributed by atoms with Crippen molar-refractivity contribution in [2.24, 2.45) is 5.92 Å². The Morgan fingerprint density at radius 1 is 0.885 bits per heavy atom. The molecule has 0 aliphatic rings. The van der Waals surface area contributed by atoms with Gasteiger partial charge in [0.2, 0.25) is 0 Å². The van der Waals surface area contributed by atoms with Crippen LogP contribution in [0.4, 0.5) is 10.5 Å². The maximum atomic E-state index is 12.0. The summed E-state index contributed by atoms with van der Waals surface area (Å²) in [4.78, 5) is 23.5. The molecule has 0 saturated carbocycles. The van der Waals surface area contributed by atoms with Crippen LogP contribution >= 0.6 is 0 Å². The fourth-order valence-electron chi connectivity index (χ4n) is 2.45. The highest BCUT2D eigenvalue weighted by Gasteiger charge is 2.06. The summed E-state index contributed by atoms with van der Waals surface area (Å²) in [5.41, 5.74) is 3.71. The van der Waals surface area contributed by atoms with Crippen molar-refractivity contribution in [3.05, 3.63) is 65.2 Å². The summed E-state index contributed by atoms with van der Waals surface area (Å²) in [7, 11) is 0. The fourth-order valence-corrected chi connectivity index (χ4v) is 2.45. The summed E-state index contributed by atoms with van der Waals surface area (Å²) in [6, 6.07) is 15.2. The van der Waals surface area contributed by atoms with Crippen LogP contribution in [-0.2, 0) is 6.42 Å². The van der Waals surface area contributed by atoms with Crippen molar-refractivity contribution in [1.82, 2.24) is 10.6 Å². The number of amides is 3. The van der Waals surface area contributed by atoms with Gasteiger partial charge in [-0.15, -0.1) is 0 Å². The molecule has 5 heteroatoms.